The molecule has 142 valence electrons. The molecule has 1 saturated heterocycles. The molecular weight excluding hydrogens is 523 g/mol. The largest absolute Gasteiger partial charge is 0.352 e. The minimum atomic E-state index is 0. The van der Waals surface area contributed by atoms with E-state index in [0.717, 1.165) is 29.4 Å². The first kappa shape index (κ1) is 21.7. The number of aliphatic imine (C=N–C) groups is 1. The number of guanidine groups is 1. The van der Waals surface area contributed by atoms with Gasteiger partial charge in [0.15, 0.2) is 5.96 Å². The summed E-state index contributed by atoms with van der Waals surface area (Å²) in [6.45, 7) is 5.12. The Morgan fingerprint density at radius 1 is 1.04 bits per heavy atom. The highest BCUT2D eigenvalue weighted by molar-refractivity contribution is 14.0. The predicted octanol–water partition coefficient (Wildman–Crippen LogP) is 4.59. The molecular formula is C19H26BrIN4S. The first-order valence-electron chi connectivity index (χ1n) is 8.72. The van der Waals surface area contributed by atoms with Crippen LogP contribution >= 0.6 is 51.2 Å². The molecule has 1 fully saturated rings. The standard InChI is InChI=1S/C19H25BrN4S.HI/c1-21-19(23-13-17-8-9-18(20)25-17)22-12-15-4-6-16(7-5-15)14-24-10-2-3-11-24;/h4-9H,2-3,10-14H2,1H3,(H2,21,22,23);1H. The van der Waals surface area contributed by atoms with Gasteiger partial charge in [-0.2, -0.15) is 0 Å². The van der Waals surface area contributed by atoms with Crippen LogP contribution < -0.4 is 10.6 Å². The van der Waals surface area contributed by atoms with E-state index >= 15 is 0 Å². The number of hydrogen-bond donors (Lipinski definition) is 2. The van der Waals surface area contributed by atoms with Gasteiger partial charge in [0.25, 0.3) is 0 Å². The number of rotatable bonds is 6. The molecule has 0 radical (unpaired) electrons. The molecule has 7 heteroatoms. The van der Waals surface area contributed by atoms with Crippen molar-refractivity contribution in [3.63, 3.8) is 0 Å². The van der Waals surface area contributed by atoms with Crippen LogP contribution in [0.1, 0.15) is 28.8 Å². The van der Waals surface area contributed by atoms with Crippen LogP contribution in [0.25, 0.3) is 0 Å². The molecule has 2 aromatic rings. The molecule has 0 spiro atoms. The van der Waals surface area contributed by atoms with Gasteiger partial charge in [0.05, 0.1) is 10.3 Å². The average Bonchev–Trinajstić information content (AvgIpc) is 3.28. The molecule has 0 aliphatic carbocycles. The van der Waals surface area contributed by atoms with Gasteiger partial charge in [-0.05, 0) is 65.1 Å². The van der Waals surface area contributed by atoms with Crippen molar-refractivity contribution in [1.82, 2.24) is 15.5 Å². The van der Waals surface area contributed by atoms with Crippen LogP contribution in [0, 0.1) is 0 Å². The molecule has 2 heterocycles. The van der Waals surface area contributed by atoms with Crippen molar-refractivity contribution < 1.29 is 0 Å². The van der Waals surface area contributed by atoms with Crippen molar-refractivity contribution in [1.29, 1.82) is 0 Å². The molecule has 1 aliphatic rings. The van der Waals surface area contributed by atoms with E-state index in [1.807, 2.05) is 0 Å². The van der Waals surface area contributed by atoms with E-state index in [0.29, 0.717) is 0 Å². The summed E-state index contributed by atoms with van der Waals surface area (Å²) in [4.78, 5) is 8.10. The second kappa shape index (κ2) is 11.3. The van der Waals surface area contributed by atoms with Gasteiger partial charge in [0.1, 0.15) is 0 Å². The molecule has 1 aromatic heterocycles. The zero-order valence-electron chi connectivity index (χ0n) is 15.0. The Hall–Kier alpha value is -0.640. The molecule has 0 bridgehead atoms. The molecule has 26 heavy (non-hydrogen) atoms. The molecule has 2 N–H and O–H groups in total. The van der Waals surface area contributed by atoms with Gasteiger partial charge >= 0.3 is 0 Å². The summed E-state index contributed by atoms with van der Waals surface area (Å²) in [6.07, 6.45) is 2.69. The molecule has 0 atom stereocenters. The predicted molar refractivity (Wildman–Crippen MR) is 125 cm³/mol. The normalized spacial score (nSPS) is 14.9. The molecule has 0 saturated carbocycles. The van der Waals surface area contributed by atoms with Crippen LogP contribution in [0.4, 0.5) is 0 Å². The summed E-state index contributed by atoms with van der Waals surface area (Å²) < 4.78 is 1.15. The first-order chi connectivity index (χ1) is 12.2. The zero-order valence-corrected chi connectivity index (χ0v) is 19.7. The highest BCUT2D eigenvalue weighted by atomic mass is 127. The summed E-state index contributed by atoms with van der Waals surface area (Å²) in [5.74, 6) is 0.825. The summed E-state index contributed by atoms with van der Waals surface area (Å²) >= 11 is 5.23. The first-order valence-corrected chi connectivity index (χ1v) is 10.3. The quantitative estimate of drug-likeness (QED) is 0.315. The minimum absolute atomic E-state index is 0. The van der Waals surface area contributed by atoms with Crippen molar-refractivity contribution in [2.75, 3.05) is 20.1 Å². The molecule has 1 aliphatic heterocycles. The SMILES string of the molecule is CN=C(NCc1ccc(CN2CCCC2)cc1)NCc1ccc(Br)s1.I. The second-order valence-corrected chi connectivity index (χ2v) is 8.83. The van der Waals surface area contributed by atoms with Crippen molar-refractivity contribution in [2.24, 2.45) is 4.99 Å². The molecule has 4 nitrogen and oxygen atoms in total. The maximum absolute atomic E-state index is 4.29. The van der Waals surface area contributed by atoms with E-state index in [2.05, 4.69) is 72.9 Å². The van der Waals surface area contributed by atoms with E-state index in [1.54, 1.807) is 18.4 Å². The van der Waals surface area contributed by atoms with Gasteiger partial charge in [0, 0.05) is 25.0 Å². The van der Waals surface area contributed by atoms with Crippen LogP contribution in [0.3, 0.4) is 0 Å². The van der Waals surface area contributed by atoms with Crippen LogP contribution in [-0.4, -0.2) is 31.0 Å². The molecule has 3 rings (SSSR count). The summed E-state index contributed by atoms with van der Waals surface area (Å²) in [6, 6.07) is 13.1. The van der Waals surface area contributed by atoms with Crippen molar-refractivity contribution in [3.8, 4) is 0 Å². The highest BCUT2D eigenvalue weighted by Gasteiger charge is 2.11. The lowest BCUT2D eigenvalue weighted by Gasteiger charge is -2.15. The summed E-state index contributed by atoms with van der Waals surface area (Å²) in [5.41, 5.74) is 2.67. The van der Waals surface area contributed by atoms with Crippen LogP contribution in [0.2, 0.25) is 0 Å². The van der Waals surface area contributed by atoms with Gasteiger partial charge in [-0.15, -0.1) is 35.3 Å². The van der Waals surface area contributed by atoms with E-state index in [9.17, 15) is 0 Å². The Morgan fingerprint density at radius 2 is 1.69 bits per heavy atom. The van der Waals surface area contributed by atoms with Crippen molar-refractivity contribution in [2.45, 2.75) is 32.5 Å². The third-order valence-corrected chi connectivity index (χ3v) is 5.99. The number of likely N-dealkylation sites (tertiary alicyclic amines) is 1. The van der Waals surface area contributed by atoms with Gasteiger partial charge in [-0.1, -0.05) is 24.3 Å². The Labute approximate surface area is 185 Å². The second-order valence-electron chi connectivity index (χ2n) is 6.28. The zero-order chi connectivity index (χ0) is 17.5. The fourth-order valence-electron chi connectivity index (χ4n) is 2.99. The average molecular weight is 549 g/mol. The van der Waals surface area contributed by atoms with E-state index in [1.165, 1.54) is 41.9 Å². The third kappa shape index (κ3) is 6.83. The lowest BCUT2D eigenvalue weighted by Crippen LogP contribution is -2.36. The summed E-state index contributed by atoms with van der Waals surface area (Å²) in [7, 11) is 1.80. The number of halogens is 2. The highest BCUT2D eigenvalue weighted by Crippen LogP contribution is 2.21. The number of nitrogens with zero attached hydrogens (tertiary/aromatic N) is 2. The summed E-state index contributed by atoms with van der Waals surface area (Å²) in [5, 5.41) is 6.73. The molecule has 0 unspecified atom stereocenters. The Kier molecular flexibility index (Phi) is 9.38. The van der Waals surface area contributed by atoms with Crippen LogP contribution in [0.5, 0.6) is 0 Å². The number of thiophene rings is 1. The maximum atomic E-state index is 4.29. The molecule has 0 amide bonds. The van der Waals surface area contributed by atoms with Crippen LogP contribution in [-0.2, 0) is 19.6 Å². The Bertz CT molecular complexity index is 696. The van der Waals surface area contributed by atoms with Crippen molar-refractivity contribution in [3.05, 3.63) is 56.2 Å². The van der Waals surface area contributed by atoms with E-state index in [-0.39, 0.29) is 24.0 Å². The fraction of sp³-hybridized carbons (Fsp3) is 0.421. The smallest absolute Gasteiger partial charge is 0.191 e. The lowest BCUT2D eigenvalue weighted by atomic mass is 10.1. The van der Waals surface area contributed by atoms with Crippen LogP contribution in [0.15, 0.2) is 45.2 Å². The fourth-order valence-corrected chi connectivity index (χ4v) is 4.41. The lowest BCUT2D eigenvalue weighted by molar-refractivity contribution is 0.331. The minimum Gasteiger partial charge on any atom is -0.352 e. The number of benzene rings is 1. The van der Waals surface area contributed by atoms with Gasteiger partial charge < -0.3 is 10.6 Å². The number of nitrogens with one attached hydrogen (secondary N) is 2. The number of hydrogen-bond acceptors (Lipinski definition) is 3. The Balaban J connectivity index is 0.00000243. The van der Waals surface area contributed by atoms with E-state index < -0.39 is 0 Å². The third-order valence-electron chi connectivity index (χ3n) is 4.37. The van der Waals surface area contributed by atoms with Crippen molar-refractivity contribution >= 4 is 57.2 Å². The monoisotopic (exact) mass is 548 g/mol. The van der Waals surface area contributed by atoms with Gasteiger partial charge in [-0.3, -0.25) is 9.89 Å². The topological polar surface area (TPSA) is 39.7 Å². The van der Waals surface area contributed by atoms with E-state index in [4.69, 9.17) is 0 Å². The molecule has 1 aromatic carbocycles. The van der Waals surface area contributed by atoms with Gasteiger partial charge in [-0.25, -0.2) is 0 Å². The van der Waals surface area contributed by atoms with Gasteiger partial charge in [0.2, 0.25) is 0 Å². The maximum Gasteiger partial charge on any atom is 0.191 e. The Morgan fingerprint density at radius 3 is 2.31 bits per heavy atom.